The molecule has 1 aromatic carbocycles. The molecule has 0 aliphatic heterocycles. The molecule has 0 heterocycles. The van der Waals surface area contributed by atoms with Crippen LogP contribution in [-0.4, -0.2) is 6.79 Å². The lowest BCUT2D eigenvalue weighted by atomic mass is 10.2. The van der Waals surface area contributed by atoms with Gasteiger partial charge in [0.1, 0.15) is 12.6 Å². The van der Waals surface area contributed by atoms with E-state index in [4.69, 9.17) is 4.79 Å². The quantitative estimate of drug-likeness (QED) is 0.585. The molecule has 0 saturated heterocycles. The SMILES string of the molecule is C=O.CC.Cc1ccc(F)cc1. The van der Waals surface area contributed by atoms with Crippen LogP contribution < -0.4 is 0 Å². The first kappa shape index (κ1) is 13.4. The maximum atomic E-state index is 12.1. The smallest absolute Gasteiger partial charge is 0.123 e. The Bertz CT molecular complexity index is 161. The molecule has 0 fully saturated rings. The lowest BCUT2D eigenvalue weighted by Crippen LogP contribution is -1.71. The third kappa shape index (κ3) is 6.93. The molecule has 12 heavy (non-hydrogen) atoms. The third-order valence-corrected chi connectivity index (χ3v) is 1.01. The average Bonchev–Trinajstić information content (AvgIpc) is 2.17. The van der Waals surface area contributed by atoms with Gasteiger partial charge in [-0.25, -0.2) is 4.39 Å². The first-order chi connectivity index (χ1) is 5.79. The molecule has 68 valence electrons. The lowest BCUT2D eigenvalue weighted by molar-refractivity contribution is -0.0979. The predicted octanol–water partition coefficient (Wildman–Crippen LogP) is 2.98. The summed E-state index contributed by atoms with van der Waals surface area (Å²) in [5, 5.41) is 0. The van der Waals surface area contributed by atoms with Crippen LogP contribution in [0.2, 0.25) is 0 Å². The minimum absolute atomic E-state index is 0.171. The van der Waals surface area contributed by atoms with Crippen molar-refractivity contribution in [2.75, 3.05) is 0 Å². The van der Waals surface area contributed by atoms with Crippen molar-refractivity contribution < 1.29 is 9.18 Å². The summed E-state index contributed by atoms with van der Waals surface area (Å²) in [4.78, 5) is 8.00. The van der Waals surface area contributed by atoms with E-state index in [1.54, 1.807) is 12.1 Å². The largest absolute Gasteiger partial charge is 0.307 e. The summed E-state index contributed by atoms with van der Waals surface area (Å²) >= 11 is 0. The molecule has 1 aromatic rings. The van der Waals surface area contributed by atoms with Crippen molar-refractivity contribution in [3.05, 3.63) is 35.6 Å². The number of rotatable bonds is 0. The molecule has 0 radical (unpaired) electrons. The van der Waals surface area contributed by atoms with Gasteiger partial charge in [0.25, 0.3) is 0 Å². The second-order valence-electron chi connectivity index (χ2n) is 1.80. The van der Waals surface area contributed by atoms with E-state index < -0.39 is 0 Å². The molecule has 2 heteroatoms. The monoisotopic (exact) mass is 170 g/mol. The zero-order valence-corrected chi connectivity index (χ0v) is 7.80. The molecule has 0 spiro atoms. The van der Waals surface area contributed by atoms with Gasteiger partial charge in [-0.2, -0.15) is 0 Å². The Morgan fingerprint density at radius 1 is 1.08 bits per heavy atom. The molecule has 0 unspecified atom stereocenters. The Morgan fingerprint density at radius 2 is 1.42 bits per heavy atom. The van der Waals surface area contributed by atoms with E-state index in [0.29, 0.717) is 0 Å². The molecule has 0 atom stereocenters. The second-order valence-corrected chi connectivity index (χ2v) is 1.80. The molecule has 0 amide bonds. The van der Waals surface area contributed by atoms with Gasteiger partial charge in [0.2, 0.25) is 0 Å². The van der Waals surface area contributed by atoms with Crippen molar-refractivity contribution in [3.63, 3.8) is 0 Å². The fourth-order valence-electron chi connectivity index (χ4n) is 0.533. The van der Waals surface area contributed by atoms with Gasteiger partial charge < -0.3 is 4.79 Å². The van der Waals surface area contributed by atoms with Gasteiger partial charge in [-0.3, -0.25) is 0 Å². The minimum Gasteiger partial charge on any atom is -0.307 e. The molecule has 1 nitrogen and oxygen atoms in total. The van der Waals surface area contributed by atoms with Crippen molar-refractivity contribution in [1.82, 2.24) is 0 Å². The fraction of sp³-hybridized carbons (Fsp3) is 0.300. The minimum atomic E-state index is -0.171. The Kier molecular flexibility index (Phi) is 11.0. The molecule has 0 aromatic heterocycles. The fourth-order valence-corrected chi connectivity index (χ4v) is 0.533. The van der Waals surface area contributed by atoms with Crippen LogP contribution in [0, 0.1) is 12.7 Å². The van der Waals surface area contributed by atoms with Gasteiger partial charge in [0, 0.05) is 0 Å². The van der Waals surface area contributed by atoms with E-state index in [-0.39, 0.29) is 5.82 Å². The number of carbonyl (C=O) groups is 1. The van der Waals surface area contributed by atoms with Gasteiger partial charge in [-0.1, -0.05) is 31.5 Å². The number of aryl methyl sites for hydroxylation is 1. The first-order valence-electron chi connectivity index (χ1n) is 3.80. The van der Waals surface area contributed by atoms with Crippen LogP contribution in [0.1, 0.15) is 19.4 Å². The van der Waals surface area contributed by atoms with Crippen LogP contribution in [0.4, 0.5) is 4.39 Å². The summed E-state index contributed by atoms with van der Waals surface area (Å²) in [7, 11) is 0. The summed E-state index contributed by atoms with van der Waals surface area (Å²) in [6, 6.07) is 6.40. The number of carbonyl (C=O) groups excluding carboxylic acids is 1. The highest BCUT2D eigenvalue weighted by atomic mass is 19.1. The van der Waals surface area contributed by atoms with Crippen molar-refractivity contribution in [2.24, 2.45) is 0 Å². The van der Waals surface area contributed by atoms with Crippen LogP contribution in [0.5, 0.6) is 0 Å². The van der Waals surface area contributed by atoms with Gasteiger partial charge in [0.15, 0.2) is 0 Å². The van der Waals surface area contributed by atoms with Gasteiger partial charge >= 0.3 is 0 Å². The van der Waals surface area contributed by atoms with Crippen LogP contribution in [0.3, 0.4) is 0 Å². The van der Waals surface area contributed by atoms with Crippen molar-refractivity contribution in [3.8, 4) is 0 Å². The second kappa shape index (κ2) is 9.82. The Labute approximate surface area is 73.2 Å². The highest BCUT2D eigenvalue weighted by molar-refractivity contribution is 5.13. The van der Waals surface area contributed by atoms with Crippen molar-refractivity contribution in [2.45, 2.75) is 20.8 Å². The van der Waals surface area contributed by atoms with Gasteiger partial charge in [-0.05, 0) is 19.1 Å². The summed E-state index contributed by atoms with van der Waals surface area (Å²) < 4.78 is 12.1. The maximum absolute atomic E-state index is 12.1. The van der Waals surface area contributed by atoms with E-state index >= 15 is 0 Å². The van der Waals surface area contributed by atoms with Gasteiger partial charge in [0.05, 0.1) is 0 Å². The molecule has 0 saturated carbocycles. The highest BCUT2D eigenvalue weighted by Crippen LogP contribution is 1.98. The number of hydrogen-bond donors (Lipinski definition) is 0. The third-order valence-electron chi connectivity index (χ3n) is 1.01. The Hall–Kier alpha value is -1.18. The normalized spacial score (nSPS) is 7.00. The molecule has 0 N–H and O–H groups in total. The summed E-state index contributed by atoms with van der Waals surface area (Å²) in [5.74, 6) is -0.171. The van der Waals surface area contributed by atoms with Crippen LogP contribution >= 0.6 is 0 Å². The highest BCUT2D eigenvalue weighted by Gasteiger charge is 1.83. The summed E-state index contributed by atoms with van der Waals surface area (Å²) in [6.07, 6.45) is 0. The Morgan fingerprint density at radius 3 is 1.67 bits per heavy atom. The van der Waals surface area contributed by atoms with E-state index in [1.807, 2.05) is 27.6 Å². The lowest BCUT2D eigenvalue weighted by Gasteiger charge is -1.87. The zero-order valence-electron chi connectivity index (χ0n) is 7.80. The number of halogens is 1. The molecule has 0 bridgehead atoms. The standard InChI is InChI=1S/C7H7F.C2H6.CH2O/c1-6-2-4-7(8)5-3-6;2*1-2/h2-5H,1H3;1-2H3;1H2. The van der Waals surface area contributed by atoms with Crippen molar-refractivity contribution in [1.29, 1.82) is 0 Å². The molecule has 0 aliphatic rings. The van der Waals surface area contributed by atoms with Crippen molar-refractivity contribution >= 4 is 6.79 Å². The topological polar surface area (TPSA) is 17.1 Å². The molecule has 1 rings (SSSR count). The Balaban J connectivity index is 0. The van der Waals surface area contributed by atoms with Gasteiger partial charge in [-0.15, -0.1) is 0 Å². The molecular formula is C10H15FO. The first-order valence-corrected chi connectivity index (χ1v) is 3.80. The van der Waals surface area contributed by atoms with Crippen LogP contribution in [-0.2, 0) is 4.79 Å². The molecular weight excluding hydrogens is 155 g/mol. The van der Waals surface area contributed by atoms with Crippen LogP contribution in [0.25, 0.3) is 0 Å². The number of hydrogen-bond acceptors (Lipinski definition) is 1. The van der Waals surface area contributed by atoms with E-state index in [9.17, 15) is 4.39 Å². The van der Waals surface area contributed by atoms with Crippen LogP contribution in [0.15, 0.2) is 24.3 Å². The van der Waals surface area contributed by atoms with E-state index in [0.717, 1.165) is 5.56 Å². The van der Waals surface area contributed by atoms with E-state index in [2.05, 4.69) is 0 Å². The number of benzene rings is 1. The summed E-state index contributed by atoms with van der Waals surface area (Å²) in [6.45, 7) is 7.93. The summed E-state index contributed by atoms with van der Waals surface area (Å²) in [5.41, 5.74) is 1.09. The average molecular weight is 170 g/mol. The molecule has 0 aliphatic carbocycles. The predicted molar refractivity (Wildman–Crippen MR) is 49.6 cm³/mol. The maximum Gasteiger partial charge on any atom is 0.123 e. The zero-order chi connectivity index (χ0) is 9.98. The van der Waals surface area contributed by atoms with E-state index in [1.165, 1.54) is 12.1 Å².